The number of sulfonamides is 1. The molecule has 1 saturated heterocycles. The van der Waals surface area contributed by atoms with Crippen LogP contribution in [0.15, 0.2) is 77.7 Å². The first-order valence-corrected chi connectivity index (χ1v) is 13.0. The zero-order valence-corrected chi connectivity index (χ0v) is 20.6. The van der Waals surface area contributed by atoms with Gasteiger partial charge in [-0.1, -0.05) is 18.2 Å². The number of nitrogens with zero attached hydrogens (tertiary/aromatic N) is 1. The third-order valence-corrected chi connectivity index (χ3v) is 7.32. The molecule has 1 heterocycles. The van der Waals surface area contributed by atoms with Gasteiger partial charge in [-0.05, 0) is 60.2 Å². The maximum Gasteiger partial charge on any atom is 0.261 e. The monoisotopic (exact) mass is 513 g/mol. The number of carbonyl (C=O) groups excluding carboxylic acids is 1. The maximum absolute atomic E-state index is 13.1. The van der Waals surface area contributed by atoms with E-state index in [0.29, 0.717) is 19.8 Å². The molecule has 1 amide bonds. The van der Waals surface area contributed by atoms with Gasteiger partial charge in [0.1, 0.15) is 11.6 Å². The molecule has 10 heteroatoms. The summed E-state index contributed by atoms with van der Waals surface area (Å²) in [6.07, 6.45) is 0. The Morgan fingerprint density at radius 2 is 1.75 bits per heavy atom. The number of halogens is 1. The van der Waals surface area contributed by atoms with Crippen LogP contribution < -0.4 is 14.8 Å². The fourth-order valence-corrected chi connectivity index (χ4v) is 5.10. The molecule has 0 unspecified atom stereocenters. The van der Waals surface area contributed by atoms with Crippen molar-refractivity contribution in [3.63, 3.8) is 0 Å². The molecule has 0 aliphatic carbocycles. The van der Waals surface area contributed by atoms with Crippen molar-refractivity contribution in [2.45, 2.75) is 10.9 Å². The molecule has 2 N–H and O–H groups in total. The quantitative estimate of drug-likeness (QED) is 0.455. The Morgan fingerprint density at radius 3 is 2.42 bits per heavy atom. The first kappa shape index (κ1) is 25.6. The maximum atomic E-state index is 13.1. The van der Waals surface area contributed by atoms with Crippen LogP contribution in [0.1, 0.15) is 22.0 Å². The third kappa shape index (κ3) is 6.39. The minimum absolute atomic E-state index is 0.0700. The van der Waals surface area contributed by atoms with E-state index in [1.165, 1.54) is 30.3 Å². The van der Waals surface area contributed by atoms with Crippen molar-refractivity contribution < 1.29 is 27.1 Å². The smallest absolute Gasteiger partial charge is 0.261 e. The molecule has 0 saturated carbocycles. The molecule has 1 fully saturated rings. The van der Waals surface area contributed by atoms with Gasteiger partial charge in [0.15, 0.2) is 0 Å². The normalized spacial score (nSPS) is 15.2. The van der Waals surface area contributed by atoms with E-state index in [9.17, 15) is 17.6 Å². The lowest BCUT2D eigenvalue weighted by Crippen LogP contribution is -2.43. The highest BCUT2D eigenvalue weighted by molar-refractivity contribution is 7.92. The van der Waals surface area contributed by atoms with Crippen LogP contribution in [0.3, 0.4) is 0 Å². The number of methoxy groups -OCH3 is 1. The molecule has 0 aromatic heterocycles. The molecule has 0 spiro atoms. The number of amides is 1. The van der Waals surface area contributed by atoms with Crippen molar-refractivity contribution >= 4 is 21.6 Å². The van der Waals surface area contributed by atoms with E-state index >= 15 is 0 Å². The Bertz CT molecular complexity index is 1280. The molecule has 0 bridgehead atoms. The molecule has 3 aromatic carbocycles. The van der Waals surface area contributed by atoms with Crippen molar-refractivity contribution in [1.82, 2.24) is 10.2 Å². The predicted octanol–water partition coefficient (Wildman–Crippen LogP) is 3.44. The molecule has 1 atom stereocenters. The second kappa shape index (κ2) is 11.5. The second-order valence-electron chi connectivity index (χ2n) is 8.29. The summed E-state index contributed by atoms with van der Waals surface area (Å²) < 4.78 is 51.9. The SMILES string of the molecule is COc1ccc([C@H](CNC(=O)c2cccc(S(=O)(=O)Nc3ccc(F)cc3)c2)N2CCOCC2)cc1. The topological polar surface area (TPSA) is 97.0 Å². The fraction of sp³-hybridized carbons (Fsp3) is 0.269. The van der Waals surface area contributed by atoms with E-state index in [4.69, 9.17) is 9.47 Å². The summed E-state index contributed by atoms with van der Waals surface area (Å²) >= 11 is 0. The predicted molar refractivity (Wildman–Crippen MR) is 134 cm³/mol. The Hall–Kier alpha value is -3.47. The van der Waals surface area contributed by atoms with Gasteiger partial charge in [0.25, 0.3) is 15.9 Å². The number of hydrogen-bond donors (Lipinski definition) is 2. The summed E-state index contributed by atoms with van der Waals surface area (Å²) in [7, 11) is -2.36. The highest BCUT2D eigenvalue weighted by atomic mass is 32.2. The summed E-state index contributed by atoms with van der Waals surface area (Å²) in [6, 6.07) is 18.4. The average molecular weight is 514 g/mol. The van der Waals surface area contributed by atoms with Gasteiger partial charge in [0, 0.05) is 30.9 Å². The number of carbonyl (C=O) groups is 1. The highest BCUT2D eigenvalue weighted by Crippen LogP contribution is 2.24. The molecule has 0 radical (unpaired) electrons. The van der Waals surface area contributed by atoms with Gasteiger partial charge in [0.05, 0.1) is 31.3 Å². The summed E-state index contributed by atoms with van der Waals surface area (Å²) in [6.45, 7) is 3.02. The summed E-state index contributed by atoms with van der Waals surface area (Å²) in [4.78, 5) is 15.2. The Balaban J connectivity index is 1.48. The Labute approximate surface area is 210 Å². The largest absolute Gasteiger partial charge is 0.497 e. The van der Waals surface area contributed by atoms with Crippen LogP contribution in [0.25, 0.3) is 0 Å². The summed E-state index contributed by atoms with van der Waals surface area (Å²) in [5.74, 6) is -0.113. The molecule has 36 heavy (non-hydrogen) atoms. The number of hydrogen-bond acceptors (Lipinski definition) is 6. The van der Waals surface area contributed by atoms with E-state index in [0.717, 1.165) is 36.5 Å². The molecule has 190 valence electrons. The number of anilines is 1. The summed E-state index contributed by atoms with van der Waals surface area (Å²) in [5, 5.41) is 2.95. The first-order chi connectivity index (χ1) is 17.4. The molecular formula is C26H28FN3O5S. The van der Waals surface area contributed by atoms with Crippen LogP contribution in [0.2, 0.25) is 0 Å². The molecule has 8 nitrogen and oxygen atoms in total. The van der Waals surface area contributed by atoms with Crippen molar-refractivity contribution in [3.8, 4) is 5.75 Å². The number of morpholine rings is 1. The van der Waals surface area contributed by atoms with Gasteiger partial charge in [-0.15, -0.1) is 0 Å². The standard InChI is InChI=1S/C26H28FN3O5S/c1-34-23-11-5-19(6-12-23)25(30-13-15-35-16-14-30)18-28-26(31)20-3-2-4-24(17-20)36(32,33)29-22-9-7-21(27)8-10-22/h2-12,17,25,29H,13-16,18H2,1H3,(H,28,31)/t25-/m0/s1. The molecule has 1 aliphatic heterocycles. The fourth-order valence-electron chi connectivity index (χ4n) is 4.00. The van der Waals surface area contributed by atoms with Crippen LogP contribution in [0.5, 0.6) is 5.75 Å². The zero-order valence-electron chi connectivity index (χ0n) is 19.8. The van der Waals surface area contributed by atoms with E-state index < -0.39 is 15.8 Å². The van der Waals surface area contributed by atoms with Gasteiger partial charge in [-0.3, -0.25) is 14.4 Å². The van der Waals surface area contributed by atoms with Gasteiger partial charge in [-0.2, -0.15) is 0 Å². The lowest BCUT2D eigenvalue weighted by molar-refractivity contribution is 0.0162. The minimum atomic E-state index is -3.97. The Kier molecular flexibility index (Phi) is 8.19. The lowest BCUT2D eigenvalue weighted by atomic mass is 10.0. The van der Waals surface area contributed by atoms with E-state index in [2.05, 4.69) is 14.9 Å². The van der Waals surface area contributed by atoms with Gasteiger partial charge < -0.3 is 14.8 Å². The number of ether oxygens (including phenoxy) is 2. The molecular weight excluding hydrogens is 485 g/mol. The van der Waals surface area contributed by atoms with Crippen molar-refractivity contribution in [2.24, 2.45) is 0 Å². The Morgan fingerprint density at radius 1 is 1.06 bits per heavy atom. The van der Waals surface area contributed by atoms with E-state index in [1.807, 2.05) is 24.3 Å². The van der Waals surface area contributed by atoms with Gasteiger partial charge in [-0.25, -0.2) is 12.8 Å². The molecule has 3 aromatic rings. The number of benzene rings is 3. The lowest BCUT2D eigenvalue weighted by Gasteiger charge is -2.35. The van der Waals surface area contributed by atoms with E-state index in [1.54, 1.807) is 13.2 Å². The van der Waals surface area contributed by atoms with Crippen LogP contribution in [0.4, 0.5) is 10.1 Å². The number of rotatable bonds is 9. The summed E-state index contributed by atoms with van der Waals surface area (Å²) in [5.41, 5.74) is 1.46. The van der Waals surface area contributed by atoms with Crippen LogP contribution >= 0.6 is 0 Å². The van der Waals surface area contributed by atoms with Gasteiger partial charge in [0.2, 0.25) is 0 Å². The highest BCUT2D eigenvalue weighted by Gasteiger charge is 2.24. The second-order valence-corrected chi connectivity index (χ2v) is 9.97. The van der Waals surface area contributed by atoms with Crippen molar-refractivity contribution in [1.29, 1.82) is 0 Å². The third-order valence-electron chi connectivity index (χ3n) is 5.95. The van der Waals surface area contributed by atoms with Gasteiger partial charge >= 0.3 is 0 Å². The molecule has 1 aliphatic rings. The van der Waals surface area contributed by atoms with E-state index in [-0.39, 0.29) is 28.1 Å². The first-order valence-electron chi connectivity index (χ1n) is 11.5. The zero-order chi connectivity index (χ0) is 25.5. The average Bonchev–Trinajstić information content (AvgIpc) is 2.91. The van der Waals surface area contributed by atoms with Crippen LogP contribution in [0, 0.1) is 5.82 Å². The van der Waals surface area contributed by atoms with Crippen LogP contribution in [-0.2, 0) is 14.8 Å². The van der Waals surface area contributed by atoms with Crippen LogP contribution in [-0.4, -0.2) is 59.2 Å². The molecule has 4 rings (SSSR count). The van der Waals surface area contributed by atoms with Crippen molar-refractivity contribution in [2.75, 3.05) is 44.7 Å². The minimum Gasteiger partial charge on any atom is -0.497 e. The number of nitrogens with one attached hydrogen (secondary N) is 2. The van der Waals surface area contributed by atoms with Crippen molar-refractivity contribution in [3.05, 3.63) is 89.7 Å².